The van der Waals surface area contributed by atoms with Crippen molar-refractivity contribution in [1.82, 2.24) is 0 Å². The predicted molar refractivity (Wildman–Crippen MR) is 66.0 cm³/mol. The van der Waals surface area contributed by atoms with Crippen molar-refractivity contribution in [1.29, 1.82) is 0 Å². The summed E-state index contributed by atoms with van der Waals surface area (Å²) >= 11 is 0. The summed E-state index contributed by atoms with van der Waals surface area (Å²) in [6, 6.07) is 16.1. The third-order valence-electron chi connectivity index (χ3n) is 2.52. The highest BCUT2D eigenvalue weighted by Gasteiger charge is 2.01. The van der Waals surface area contributed by atoms with Crippen LogP contribution in [0.4, 0.5) is 0 Å². The Balaban J connectivity index is 2.51. The molecule has 2 nitrogen and oxygen atoms in total. The van der Waals surface area contributed by atoms with E-state index in [0.29, 0.717) is 0 Å². The van der Waals surface area contributed by atoms with E-state index in [2.05, 4.69) is 36.3 Å². The third kappa shape index (κ3) is 2.11. The van der Waals surface area contributed by atoms with Crippen LogP contribution in [0.15, 0.2) is 53.7 Å². The van der Waals surface area contributed by atoms with Crippen molar-refractivity contribution in [2.24, 2.45) is 5.16 Å². The van der Waals surface area contributed by atoms with Gasteiger partial charge >= 0.3 is 0 Å². The largest absolute Gasteiger partial charge is 0.411 e. The van der Waals surface area contributed by atoms with Crippen LogP contribution < -0.4 is 0 Å². The van der Waals surface area contributed by atoms with Gasteiger partial charge in [-0.25, -0.2) is 0 Å². The molecule has 2 heteroatoms. The van der Waals surface area contributed by atoms with Crippen molar-refractivity contribution in [2.75, 3.05) is 0 Å². The molecular formula is C14H13NO. The Morgan fingerprint density at radius 1 is 1.00 bits per heavy atom. The number of nitrogens with zero attached hydrogens (tertiary/aromatic N) is 1. The average molecular weight is 211 g/mol. The molecule has 16 heavy (non-hydrogen) atoms. The topological polar surface area (TPSA) is 32.6 Å². The Kier molecular flexibility index (Phi) is 3.01. The highest BCUT2D eigenvalue weighted by Crippen LogP contribution is 2.22. The minimum Gasteiger partial charge on any atom is -0.411 e. The predicted octanol–water partition coefficient (Wildman–Crippen LogP) is 3.47. The standard InChI is InChI=1S/C14H13NO/c1-11-6-8-12(9-7-11)14-5-3-2-4-13(14)10-15-16/h2-10,16H,1H3. The molecule has 0 bridgehead atoms. The third-order valence-corrected chi connectivity index (χ3v) is 2.52. The van der Waals surface area contributed by atoms with Crippen LogP contribution in [0.2, 0.25) is 0 Å². The van der Waals surface area contributed by atoms with Crippen LogP contribution in [-0.2, 0) is 0 Å². The summed E-state index contributed by atoms with van der Waals surface area (Å²) in [5, 5.41) is 11.7. The minimum atomic E-state index is 0.911. The van der Waals surface area contributed by atoms with E-state index in [1.807, 2.05) is 24.3 Å². The van der Waals surface area contributed by atoms with Crippen molar-refractivity contribution in [3.05, 3.63) is 59.7 Å². The van der Waals surface area contributed by atoms with E-state index in [9.17, 15) is 0 Å². The lowest BCUT2D eigenvalue weighted by atomic mass is 9.99. The zero-order chi connectivity index (χ0) is 11.4. The van der Waals surface area contributed by atoms with Gasteiger partial charge in [0.25, 0.3) is 0 Å². The zero-order valence-corrected chi connectivity index (χ0v) is 9.09. The second kappa shape index (κ2) is 4.62. The average Bonchev–Trinajstić information content (AvgIpc) is 2.32. The van der Waals surface area contributed by atoms with Crippen LogP contribution >= 0.6 is 0 Å². The van der Waals surface area contributed by atoms with Gasteiger partial charge < -0.3 is 5.21 Å². The maximum absolute atomic E-state index is 8.60. The number of hydrogen-bond donors (Lipinski definition) is 1. The van der Waals surface area contributed by atoms with Gasteiger partial charge in [-0.1, -0.05) is 59.3 Å². The van der Waals surface area contributed by atoms with E-state index >= 15 is 0 Å². The SMILES string of the molecule is Cc1ccc(-c2ccccc2C=NO)cc1. The Morgan fingerprint density at radius 3 is 2.38 bits per heavy atom. The second-order valence-corrected chi connectivity index (χ2v) is 3.70. The number of aryl methyl sites for hydroxylation is 1. The van der Waals surface area contributed by atoms with Crippen molar-refractivity contribution in [3.8, 4) is 11.1 Å². The van der Waals surface area contributed by atoms with Crippen molar-refractivity contribution >= 4 is 6.21 Å². The molecule has 2 aromatic rings. The first-order chi connectivity index (χ1) is 7.81. The molecule has 0 aromatic heterocycles. The minimum absolute atomic E-state index is 0.911. The summed E-state index contributed by atoms with van der Waals surface area (Å²) in [6.07, 6.45) is 1.45. The molecule has 1 N–H and O–H groups in total. The van der Waals surface area contributed by atoms with Crippen LogP contribution in [-0.4, -0.2) is 11.4 Å². The molecule has 0 aliphatic rings. The molecule has 0 atom stereocenters. The normalized spacial score (nSPS) is 10.8. The molecular weight excluding hydrogens is 198 g/mol. The van der Waals surface area contributed by atoms with Gasteiger partial charge in [-0.3, -0.25) is 0 Å². The van der Waals surface area contributed by atoms with E-state index in [1.165, 1.54) is 11.8 Å². The monoisotopic (exact) mass is 211 g/mol. The van der Waals surface area contributed by atoms with Gasteiger partial charge in [0, 0.05) is 5.56 Å². The Hall–Kier alpha value is -2.09. The first kappa shape index (κ1) is 10.4. The summed E-state index contributed by atoms with van der Waals surface area (Å²) in [7, 11) is 0. The number of hydrogen-bond acceptors (Lipinski definition) is 2. The molecule has 0 saturated carbocycles. The summed E-state index contributed by atoms with van der Waals surface area (Å²) < 4.78 is 0. The zero-order valence-electron chi connectivity index (χ0n) is 9.09. The van der Waals surface area contributed by atoms with Gasteiger partial charge in [0.05, 0.1) is 6.21 Å². The maximum atomic E-state index is 8.60. The fourth-order valence-electron chi connectivity index (χ4n) is 1.67. The van der Waals surface area contributed by atoms with Gasteiger partial charge in [-0.2, -0.15) is 0 Å². The van der Waals surface area contributed by atoms with Gasteiger partial charge in [0.1, 0.15) is 0 Å². The molecule has 0 radical (unpaired) electrons. The lowest BCUT2D eigenvalue weighted by Gasteiger charge is -2.05. The van der Waals surface area contributed by atoms with Gasteiger partial charge in [-0.05, 0) is 18.1 Å². The van der Waals surface area contributed by atoms with Crippen molar-refractivity contribution in [3.63, 3.8) is 0 Å². The van der Waals surface area contributed by atoms with Crippen LogP contribution in [0.25, 0.3) is 11.1 Å². The molecule has 0 heterocycles. The van der Waals surface area contributed by atoms with Crippen LogP contribution in [0.1, 0.15) is 11.1 Å². The molecule has 0 spiro atoms. The Morgan fingerprint density at radius 2 is 1.69 bits per heavy atom. The van der Waals surface area contributed by atoms with E-state index in [1.54, 1.807) is 0 Å². The van der Waals surface area contributed by atoms with E-state index in [-0.39, 0.29) is 0 Å². The van der Waals surface area contributed by atoms with Gasteiger partial charge in [-0.15, -0.1) is 0 Å². The van der Waals surface area contributed by atoms with Crippen LogP contribution in [0, 0.1) is 6.92 Å². The molecule has 80 valence electrons. The summed E-state index contributed by atoms with van der Waals surface area (Å²) in [4.78, 5) is 0. The lowest BCUT2D eigenvalue weighted by molar-refractivity contribution is 0.322. The molecule has 0 saturated heterocycles. The van der Waals surface area contributed by atoms with E-state index in [4.69, 9.17) is 5.21 Å². The molecule has 0 aliphatic heterocycles. The van der Waals surface area contributed by atoms with Crippen molar-refractivity contribution in [2.45, 2.75) is 6.92 Å². The molecule has 0 unspecified atom stereocenters. The van der Waals surface area contributed by atoms with Gasteiger partial charge in [0.15, 0.2) is 0 Å². The van der Waals surface area contributed by atoms with Crippen LogP contribution in [0.5, 0.6) is 0 Å². The summed E-state index contributed by atoms with van der Waals surface area (Å²) in [5.41, 5.74) is 4.34. The van der Waals surface area contributed by atoms with Crippen LogP contribution in [0.3, 0.4) is 0 Å². The highest BCUT2D eigenvalue weighted by atomic mass is 16.4. The lowest BCUT2D eigenvalue weighted by Crippen LogP contribution is -1.87. The van der Waals surface area contributed by atoms with E-state index < -0.39 is 0 Å². The first-order valence-electron chi connectivity index (χ1n) is 5.15. The fourth-order valence-corrected chi connectivity index (χ4v) is 1.67. The molecule has 0 amide bonds. The molecule has 0 aliphatic carbocycles. The maximum Gasteiger partial charge on any atom is 0.0740 e. The number of oxime groups is 1. The fraction of sp³-hybridized carbons (Fsp3) is 0.0714. The quantitative estimate of drug-likeness (QED) is 0.460. The van der Waals surface area contributed by atoms with Gasteiger partial charge in [0.2, 0.25) is 0 Å². The first-order valence-corrected chi connectivity index (χ1v) is 5.15. The van der Waals surface area contributed by atoms with E-state index in [0.717, 1.165) is 16.7 Å². The summed E-state index contributed by atoms with van der Waals surface area (Å²) in [6.45, 7) is 2.06. The second-order valence-electron chi connectivity index (χ2n) is 3.70. The highest BCUT2D eigenvalue weighted by molar-refractivity contribution is 5.90. The number of benzene rings is 2. The summed E-state index contributed by atoms with van der Waals surface area (Å²) in [5.74, 6) is 0. The number of rotatable bonds is 2. The molecule has 0 fully saturated rings. The molecule has 2 aromatic carbocycles. The van der Waals surface area contributed by atoms with Crippen molar-refractivity contribution < 1.29 is 5.21 Å². The Bertz CT molecular complexity index is 500. The Labute approximate surface area is 94.9 Å². The smallest absolute Gasteiger partial charge is 0.0740 e. The molecule has 2 rings (SSSR count).